The quantitative estimate of drug-likeness (QED) is 0.495. The molecule has 27 heavy (non-hydrogen) atoms. The minimum Gasteiger partial charge on any atom is -0.361 e. The first-order valence-electron chi connectivity index (χ1n) is 9.77. The van der Waals surface area contributed by atoms with Crippen molar-refractivity contribution in [2.45, 2.75) is 50.5 Å². The SMILES string of the molecule is CC(Cl)CCc1ccc(COCN2CCC(c3ccccc3)CC2)cc1.Cl. The van der Waals surface area contributed by atoms with E-state index in [9.17, 15) is 0 Å². The van der Waals surface area contributed by atoms with Crippen LogP contribution in [0.1, 0.15) is 48.8 Å². The van der Waals surface area contributed by atoms with Crippen LogP contribution in [0.5, 0.6) is 0 Å². The summed E-state index contributed by atoms with van der Waals surface area (Å²) >= 11 is 6.02. The Bertz CT molecular complexity index is 637. The molecule has 1 atom stereocenters. The van der Waals surface area contributed by atoms with Gasteiger partial charge in [0.15, 0.2) is 0 Å². The second kappa shape index (κ2) is 11.7. The first kappa shape index (κ1) is 22.2. The Hall–Kier alpha value is -1.06. The van der Waals surface area contributed by atoms with Crippen molar-refractivity contribution < 1.29 is 4.74 Å². The van der Waals surface area contributed by atoms with E-state index in [0.717, 1.165) is 32.7 Å². The molecule has 2 nitrogen and oxygen atoms in total. The summed E-state index contributed by atoms with van der Waals surface area (Å²) in [6.07, 6.45) is 4.51. The number of nitrogens with zero attached hydrogens (tertiary/aromatic N) is 1. The zero-order chi connectivity index (χ0) is 18.2. The van der Waals surface area contributed by atoms with Gasteiger partial charge in [0.05, 0.1) is 13.3 Å². The molecule has 0 saturated carbocycles. The highest BCUT2D eigenvalue weighted by Crippen LogP contribution is 2.27. The third-order valence-corrected chi connectivity index (χ3v) is 5.47. The van der Waals surface area contributed by atoms with Crippen LogP contribution in [0, 0.1) is 0 Å². The second-order valence-corrected chi connectivity index (χ2v) is 8.16. The molecule has 1 unspecified atom stereocenters. The van der Waals surface area contributed by atoms with Crippen LogP contribution in [0.2, 0.25) is 0 Å². The molecule has 148 valence electrons. The van der Waals surface area contributed by atoms with Crippen LogP contribution in [0.3, 0.4) is 0 Å². The summed E-state index contributed by atoms with van der Waals surface area (Å²) in [5, 5.41) is 0.240. The molecule has 0 bridgehead atoms. The summed E-state index contributed by atoms with van der Waals surface area (Å²) in [5.74, 6) is 0.704. The Kier molecular flexibility index (Phi) is 9.64. The van der Waals surface area contributed by atoms with Gasteiger partial charge < -0.3 is 4.74 Å². The van der Waals surface area contributed by atoms with Crippen molar-refractivity contribution in [2.75, 3.05) is 19.8 Å². The van der Waals surface area contributed by atoms with E-state index in [1.807, 2.05) is 6.92 Å². The van der Waals surface area contributed by atoms with E-state index in [2.05, 4.69) is 59.5 Å². The van der Waals surface area contributed by atoms with Crippen LogP contribution in [0.15, 0.2) is 54.6 Å². The monoisotopic (exact) mass is 407 g/mol. The van der Waals surface area contributed by atoms with Gasteiger partial charge in [-0.05, 0) is 55.2 Å². The fourth-order valence-corrected chi connectivity index (χ4v) is 3.69. The first-order chi connectivity index (χ1) is 12.7. The molecule has 4 heteroatoms. The van der Waals surface area contributed by atoms with Crippen LogP contribution in [0.25, 0.3) is 0 Å². The van der Waals surface area contributed by atoms with Gasteiger partial charge in [-0.15, -0.1) is 24.0 Å². The van der Waals surface area contributed by atoms with Crippen molar-refractivity contribution in [3.63, 3.8) is 0 Å². The van der Waals surface area contributed by atoms with E-state index < -0.39 is 0 Å². The molecule has 1 aliphatic heterocycles. The molecular weight excluding hydrogens is 377 g/mol. The van der Waals surface area contributed by atoms with Gasteiger partial charge in [-0.2, -0.15) is 0 Å². The Morgan fingerprint density at radius 2 is 1.63 bits per heavy atom. The summed E-state index contributed by atoms with van der Waals surface area (Å²) in [6.45, 7) is 5.70. The minimum atomic E-state index is 0. The van der Waals surface area contributed by atoms with E-state index in [0.29, 0.717) is 12.5 Å². The van der Waals surface area contributed by atoms with Gasteiger partial charge >= 0.3 is 0 Å². The smallest absolute Gasteiger partial charge is 0.0994 e. The van der Waals surface area contributed by atoms with Crippen LogP contribution in [-0.4, -0.2) is 30.1 Å². The maximum Gasteiger partial charge on any atom is 0.0994 e. The number of benzene rings is 2. The summed E-state index contributed by atoms with van der Waals surface area (Å²) in [7, 11) is 0. The summed E-state index contributed by atoms with van der Waals surface area (Å²) in [5.41, 5.74) is 4.08. The van der Waals surface area contributed by atoms with E-state index in [1.54, 1.807) is 0 Å². The molecule has 0 radical (unpaired) electrons. The highest BCUT2D eigenvalue weighted by atomic mass is 35.5. The highest BCUT2D eigenvalue weighted by Gasteiger charge is 2.20. The topological polar surface area (TPSA) is 12.5 Å². The van der Waals surface area contributed by atoms with Crippen LogP contribution < -0.4 is 0 Å². The molecule has 1 heterocycles. The van der Waals surface area contributed by atoms with E-state index in [4.69, 9.17) is 16.3 Å². The maximum atomic E-state index is 6.02. The number of likely N-dealkylation sites (tertiary alicyclic amines) is 1. The number of halogens is 2. The molecule has 0 amide bonds. The zero-order valence-corrected chi connectivity index (χ0v) is 17.7. The number of aryl methyl sites for hydroxylation is 1. The minimum absolute atomic E-state index is 0. The lowest BCUT2D eigenvalue weighted by Crippen LogP contribution is -2.34. The highest BCUT2D eigenvalue weighted by molar-refractivity contribution is 6.20. The van der Waals surface area contributed by atoms with Gasteiger partial charge in [0.1, 0.15) is 0 Å². The summed E-state index contributed by atoms with van der Waals surface area (Å²) < 4.78 is 5.94. The van der Waals surface area contributed by atoms with Crippen LogP contribution >= 0.6 is 24.0 Å². The summed E-state index contributed by atoms with van der Waals surface area (Å²) in [4.78, 5) is 2.43. The van der Waals surface area contributed by atoms with Gasteiger partial charge in [0.25, 0.3) is 0 Å². The Morgan fingerprint density at radius 1 is 1.00 bits per heavy atom. The molecule has 2 aromatic rings. The number of rotatable bonds is 8. The fraction of sp³-hybridized carbons (Fsp3) is 0.478. The van der Waals surface area contributed by atoms with E-state index >= 15 is 0 Å². The lowest BCUT2D eigenvalue weighted by atomic mass is 9.90. The maximum absolute atomic E-state index is 6.02. The molecule has 1 saturated heterocycles. The lowest BCUT2D eigenvalue weighted by Gasteiger charge is -2.31. The molecule has 2 aromatic carbocycles. The van der Waals surface area contributed by atoms with Crippen molar-refractivity contribution in [2.24, 2.45) is 0 Å². The first-order valence-corrected chi connectivity index (χ1v) is 10.2. The molecule has 1 fully saturated rings. The molecule has 3 rings (SSSR count). The molecule has 0 spiro atoms. The van der Waals surface area contributed by atoms with Crippen molar-refractivity contribution in [3.8, 4) is 0 Å². The van der Waals surface area contributed by atoms with Crippen molar-refractivity contribution in [3.05, 3.63) is 71.3 Å². The van der Waals surface area contributed by atoms with Gasteiger partial charge in [-0.25, -0.2) is 0 Å². The third-order valence-electron chi connectivity index (χ3n) is 5.25. The average Bonchev–Trinajstić information content (AvgIpc) is 2.68. The largest absolute Gasteiger partial charge is 0.361 e. The van der Waals surface area contributed by atoms with Crippen molar-refractivity contribution >= 4 is 24.0 Å². The molecule has 0 N–H and O–H groups in total. The Balaban J connectivity index is 0.00000261. The predicted molar refractivity (Wildman–Crippen MR) is 117 cm³/mol. The second-order valence-electron chi connectivity index (χ2n) is 7.42. The molecule has 0 aliphatic carbocycles. The van der Waals surface area contributed by atoms with Crippen molar-refractivity contribution in [1.29, 1.82) is 0 Å². The van der Waals surface area contributed by atoms with Crippen LogP contribution in [0.4, 0.5) is 0 Å². The third kappa shape index (κ3) is 7.46. The van der Waals surface area contributed by atoms with Gasteiger partial charge in [0, 0.05) is 18.5 Å². The zero-order valence-electron chi connectivity index (χ0n) is 16.1. The molecule has 1 aliphatic rings. The predicted octanol–water partition coefficient (Wildman–Crippen LogP) is 6.02. The van der Waals surface area contributed by atoms with Gasteiger partial charge in [-0.3, -0.25) is 4.90 Å². The Morgan fingerprint density at radius 3 is 2.26 bits per heavy atom. The van der Waals surface area contributed by atoms with Gasteiger partial charge in [-0.1, -0.05) is 54.6 Å². The fourth-order valence-electron chi connectivity index (χ4n) is 3.58. The standard InChI is InChI=1S/C23H30ClNO.ClH/c1-19(24)7-8-20-9-11-21(12-10-20)17-26-18-25-15-13-23(14-16-25)22-5-3-2-4-6-22;/h2-6,9-12,19,23H,7-8,13-18H2,1H3;1H. The summed E-state index contributed by atoms with van der Waals surface area (Å²) in [6, 6.07) is 19.6. The molecule has 0 aromatic heterocycles. The Labute approximate surface area is 175 Å². The van der Waals surface area contributed by atoms with E-state index in [-0.39, 0.29) is 17.8 Å². The lowest BCUT2D eigenvalue weighted by molar-refractivity contribution is 0.00701. The number of ether oxygens (including phenoxy) is 1. The normalized spacial score (nSPS) is 16.7. The number of alkyl halides is 1. The number of piperidine rings is 1. The number of hydrogen-bond acceptors (Lipinski definition) is 2. The van der Waals surface area contributed by atoms with Gasteiger partial charge in [0.2, 0.25) is 0 Å². The average molecular weight is 408 g/mol. The van der Waals surface area contributed by atoms with E-state index in [1.165, 1.54) is 29.5 Å². The molecular formula is C23H31Cl2NO. The van der Waals surface area contributed by atoms with Crippen molar-refractivity contribution in [1.82, 2.24) is 4.90 Å². The van der Waals surface area contributed by atoms with Crippen LogP contribution in [-0.2, 0) is 17.8 Å². The number of hydrogen-bond donors (Lipinski definition) is 0.